The molecule has 0 amide bonds. The average molecular weight is 205 g/mol. The number of benzene rings is 1. The molecule has 0 bridgehead atoms. The van der Waals surface area contributed by atoms with Crippen LogP contribution in [-0.4, -0.2) is 15.1 Å². The summed E-state index contributed by atoms with van der Waals surface area (Å²) in [7, 11) is 0. The topological polar surface area (TPSA) is 71.8 Å². The van der Waals surface area contributed by atoms with Crippen LogP contribution in [0.4, 0.5) is 5.69 Å². The van der Waals surface area contributed by atoms with Crippen LogP contribution in [0.2, 0.25) is 0 Å². The highest BCUT2D eigenvalue weighted by molar-refractivity contribution is 5.88. The van der Waals surface area contributed by atoms with Crippen LogP contribution in [0.5, 0.6) is 0 Å². The maximum absolute atomic E-state index is 10.9. The summed E-state index contributed by atoms with van der Waals surface area (Å²) in [5.74, 6) is 0.261. The molecule has 0 radical (unpaired) electrons. The van der Waals surface area contributed by atoms with Gasteiger partial charge in [-0.1, -0.05) is 13.8 Å². The summed E-state index contributed by atoms with van der Waals surface area (Å²) in [4.78, 5) is 10.5. The monoisotopic (exact) mass is 205 g/mol. The number of hydrogen-bond acceptors (Lipinski definition) is 3. The van der Waals surface area contributed by atoms with Crippen LogP contribution >= 0.6 is 0 Å². The van der Waals surface area contributed by atoms with Gasteiger partial charge in [0.1, 0.15) is 0 Å². The van der Waals surface area contributed by atoms with Gasteiger partial charge in [-0.15, -0.1) is 0 Å². The molecule has 15 heavy (non-hydrogen) atoms. The highest BCUT2D eigenvalue weighted by Crippen LogP contribution is 2.28. The fourth-order valence-corrected chi connectivity index (χ4v) is 1.54. The van der Waals surface area contributed by atoms with E-state index in [0.29, 0.717) is 10.9 Å². The van der Waals surface area contributed by atoms with Gasteiger partial charge in [0.2, 0.25) is 0 Å². The molecule has 0 aliphatic carbocycles. The molecule has 0 aliphatic heterocycles. The van der Waals surface area contributed by atoms with Crippen molar-refractivity contribution in [2.75, 3.05) is 0 Å². The minimum Gasteiger partial charge on any atom is -0.278 e. The second-order valence-electron chi connectivity index (χ2n) is 3.78. The van der Waals surface area contributed by atoms with Gasteiger partial charge in [-0.2, -0.15) is 5.10 Å². The van der Waals surface area contributed by atoms with Crippen LogP contribution in [0.25, 0.3) is 10.9 Å². The Morgan fingerprint density at radius 2 is 2.20 bits per heavy atom. The zero-order valence-corrected chi connectivity index (χ0v) is 8.52. The smallest absolute Gasteiger partial charge is 0.278 e. The molecule has 0 fully saturated rings. The van der Waals surface area contributed by atoms with E-state index in [1.54, 1.807) is 6.07 Å². The Bertz CT molecular complexity index is 516. The highest BCUT2D eigenvalue weighted by atomic mass is 16.6. The molecular formula is C10H11N3O2. The van der Waals surface area contributed by atoms with Crippen molar-refractivity contribution in [3.05, 3.63) is 34.0 Å². The summed E-state index contributed by atoms with van der Waals surface area (Å²) < 4.78 is 0. The van der Waals surface area contributed by atoms with Gasteiger partial charge in [-0.05, 0) is 17.5 Å². The number of nitrogens with one attached hydrogen (secondary N) is 1. The van der Waals surface area contributed by atoms with E-state index in [4.69, 9.17) is 0 Å². The Balaban J connectivity index is 2.74. The van der Waals surface area contributed by atoms with Crippen molar-refractivity contribution in [1.82, 2.24) is 10.2 Å². The third-order valence-corrected chi connectivity index (χ3v) is 2.42. The van der Waals surface area contributed by atoms with Crippen molar-refractivity contribution in [1.29, 1.82) is 0 Å². The number of hydrogen-bond donors (Lipinski definition) is 1. The third-order valence-electron chi connectivity index (χ3n) is 2.42. The van der Waals surface area contributed by atoms with Gasteiger partial charge < -0.3 is 0 Å². The molecule has 1 aromatic carbocycles. The van der Waals surface area contributed by atoms with Crippen LogP contribution in [0, 0.1) is 10.1 Å². The lowest BCUT2D eigenvalue weighted by atomic mass is 10.0. The number of fused-ring (bicyclic) bond motifs is 1. The van der Waals surface area contributed by atoms with E-state index < -0.39 is 0 Å². The van der Waals surface area contributed by atoms with Crippen LogP contribution in [-0.2, 0) is 0 Å². The first kappa shape index (κ1) is 9.64. The van der Waals surface area contributed by atoms with Gasteiger partial charge in [0, 0.05) is 6.07 Å². The molecular weight excluding hydrogens is 194 g/mol. The minimum absolute atomic E-state index is 0.116. The molecule has 2 rings (SSSR count). The molecule has 0 saturated carbocycles. The van der Waals surface area contributed by atoms with Crippen molar-refractivity contribution >= 4 is 16.6 Å². The highest BCUT2D eigenvalue weighted by Gasteiger charge is 2.16. The lowest BCUT2D eigenvalue weighted by Crippen LogP contribution is -1.93. The Kier molecular flexibility index (Phi) is 2.15. The number of H-pyrrole nitrogens is 1. The maximum atomic E-state index is 10.9. The second kappa shape index (κ2) is 3.34. The molecule has 0 spiro atoms. The number of non-ortho nitro benzene ring substituents is 1. The fourth-order valence-electron chi connectivity index (χ4n) is 1.54. The quantitative estimate of drug-likeness (QED) is 0.605. The predicted molar refractivity (Wildman–Crippen MR) is 56.8 cm³/mol. The standard InChI is InChI=1S/C10H11N3O2/c1-6(2)7-3-9-8(5-11-12-9)10(4-7)13(14)15/h3-6H,1-2H3,(H,11,12). The van der Waals surface area contributed by atoms with E-state index in [-0.39, 0.29) is 16.5 Å². The number of aromatic amines is 1. The van der Waals surface area contributed by atoms with Gasteiger partial charge in [0.05, 0.1) is 22.0 Å². The Morgan fingerprint density at radius 1 is 1.47 bits per heavy atom. The fraction of sp³-hybridized carbons (Fsp3) is 0.300. The van der Waals surface area contributed by atoms with E-state index in [1.165, 1.54) is 6.20 Å². The summed E-state index contributed by atoms with van der Waals surface area (Å²) in [5, 5.41) is 18.0. The molecule has 0 unspecified atom stereocenters. The normalized spacial score (nSPS) is 11.1. The number of aromatic nitrogens is 2. The number of nitro benzene ring substituents is 1. The van der Waals surface area contributed by atoms with E-state index in [2.05, 4.69) is 10.2 Å². The summed E-state index contributed by atoms with van der Waals surface area (Å²) >= 11 is 0. The summed E-state index contributed by atoms with van der Waals surface area (Å²) in [5.41, 5.74) is 1.77. The summed E-state index contributed by atoms with van der Waals surface area (Å²) in [6.07, 6.45) is 1.48. The lowest BCUT2D eigenvalue weighted by molar-refractivity contribution is -0.383. The van der Waals surface area contributed by atoms with E-state index in [9.17, 15) is 10.1 Å². The molecule has 2 aromatic rings. The molecule has 1 heterocycles. The van der Waals surface area contributed by atoms with Crippen molar-refractivity contribution in [2.45, 2.75) is 19.8 Å². The van der Waals surface area contributed by atoms with E-state index in [0.717, 1.165) is 5.56 Å². The van der Waals surface area contributed by atoms with Crippen molar-refractivity contribution in [3.63, 3.8) is 0 Å². The molecule has 0 saturated heterocycles. The van der Waals surface area contributed by atoms with Crippen LogP contribution in [0.3, 0.4) is 0 Å². The minimum atomic E-state index is -0.371. The molecule has 1 aromatic heterocycles. The van der Waals surface area contributed by atoms with Gasteiger partial charge in [0.25, 0.3) is 5.69 Å². The summed E-state index contributed by atoms with van der Waals surface area (Å²) in [6, 6.07) is 3.52. The van der Waals surface area contributed by atoms with Crippen molar-refractivity contribution < 1.29 is 4.92 Å². The zero-order valence-electron chi connectivity index (χ0n) is 8.52. The molecule has 5 nitrogen and oxygen atoms in total. The zero-order chi connectivity index (χ0) is 11.0. The maximum Gasteiger partial charge on any atom is 0.280 e. The van der Waals surface area contributed by atoms with Gasteiger partial charge >= 0.3 is 0 Å². The van der Waals surface area contributed by atoms with Crippen molar-refractivity contribution in [2.24, 2.45) is 0 Å². The Morgan fingerprint density at radius 3 is 2.80 bits per heavy atom. The van der Waals surface area contributed by atoms with Gasteiger partial charge in [-0.25, -0.2) is 0 Å². The van der Waals surface area contributed by atoms with Crippen LogP contribution in [0.15, 0.2) is 18.3 Å². The van der Waals surface area contributed by atoms with E-state index in [1.807, 2.05) is 19.9 Å². The Labute approximate surface area is 86.3 Å². The second-order valence-corrected chi connectivity index (χ2v) is 3.78. The van der Waals surface area contributed by atoms with E-state index >= 15 is 0 Å². The first-order valence-corrected chi connectivity index (χ1v) is 4.71. The van der Waals surface area contributed by atoms with Crippen LogP contribution < -0.4 is 0 Å². The Hall–Kier alpha value is -1.91. The SMILES string of the molecule is CC(C)c1cc([N+](=O)[O-])c2cn[nH]c2c1. The summed E-state index contributed by atoms with van der Waals surface area (Å²) in [6.45, 7) is 4.00. The molecule has 78 valence electrons. The predicted octanol–water partition coefficient (Wildman–Crippen LogP) is 2.59. The van der Waals surface area contributed by atoms with Gasteiger partial charge in [-0.3, -0.25) is 15.2 Å². The van der Waals surface area contributed by atoms with Gasteiger partial charge in [0.15, 0.2) is 0 Å². The number of nitro groups is 1. The molecule has 0 atom stereocenters. The molecule has 5 heteroatoms. The lowest BCUT2D eigenvalue weighted by Gasteiger charge is -2.04. The molecule has 0 aliphatic rings. The molecule has 1 N–H and O–H groups in total. The first-order valence-electron chi connectivity index (χ1n) is 4.71. The third kappa shape index (κ3) is 1.56. The largest absolute Gasteiger partial charge is 0.280 e. The number of rotatable bonds is 2. The number of nitrogens with zero attached hydrogens (tertiary/aromatic N) is 2. The first-order chi connectivity index (χ1) is 7.09. The van der Waals surface area contributed by atoms with Crippen molar-refractivity contribution in [3.8, 4) is 0 Å². The average Bonchev–Trinajstić information content (AvgIpc) is 2.62. The van der Waals surface area contributed by atoms with Crippen LogP contribution in [0.1, 0.15) is 25.3 Å².